The quantitative estimate of drug-likeness (QED) is 0.916. The molecule has 1 saturated carbocycles. The lowest BCUT2D eigenvalue weighted by Crippen LogP contribution is -2.41. The molecular weight excluding hydrogens is 259 g/mol. The van der Waals surface area contributed by atoms with Crippen molar-refractivity contribution >= 4 is 11.3 Å². The molecule has 3 rings (SSSR count). The first-order valence-electron chi connectivity index (χ1n) is 6.63. The summed E-state index contributed by atoms with van der Waals surface area (Å²) in [6, 6.07) is 7.77. The molecule has 1 aromatic heterocycles. The number of thiazole rings is 1. The molecule has 0 saturated heterocycles. The maximum absolute atomic E-state index is 12.9. The Labute approximate surface area is 116 Å². The Kier molecular flexibility index (Phi) is 3.62. The molecule has 0 spiro atoms. The van der Waals surface area contributed by atoms with E-state index in [1.807, 2.05) is 23.7 Å². The summed E-state index contributed by atoms with van der Waals surface area (Å²) in [4.78, 5) is 4.33. The van der Waals surface area contributed by atoms with Crippen molar-refractivity contribution in [3.8, 4) is 0 Å². The zero-order valence-electron chi connectivity index (χ0n) is 10.8. The van der Waals surface area contributed by atoms with Gasteiger partial charge in [-0.3, -0.25) is 0 Å². The van der Waals surface area contributed by atoms with Crippen LogP contribution in [0, 0.1) is 5.82 Å². The average Bonchev–Trinajstić information content (AvgIpc) is 2.88. The highest BCUT2D eigenvalue weighted by Gasteiger charge is 2.31. The van der Waals surface area contributed by atoms with E-state index in [9.17, 15) is 4.39 Å². The van der Waals surface area contributed by atoms with Crippen molar-refractivity contribution < 1.29 is 4.39 Å². The maximum atomic E-state index is 12.9. The van der Waals surface area contributed by atoms with Gasteiger partial charge in [0.05, 0.1) is 6.04 Å². The largest absolute Gasteiger partial charge is 0.305 e. The van der Waals surface area contributed by atoms with E-state index in [2.05, 4.69) is 17.2 Å². The number of rotatable bonds is 4. The van der Waals surface area contributed by atoms with Crippen LogP contribution in [-0.2, 0) is 0 Å². The van der Waals surface area contributed by atoms with Gasteiger partial charge < -0.3 is 5.32 Å². The third-order valence-electron chi connectivity index (χ3n) is 3.79. The van der Waals surface area contributed by atoms with Gasteiger partial charge in [0, 0.05) is 17.6 Å². The maximum Gasteiger partial charge on any atom is 0.123 e. The van der Waals surface area contributed by atoms with Crippen molar-refractivity contribution in [1.29, 1.82) is 0 Å². The van der Waals surface area contributed by atoms with Crippen molar-refractivity contribution in [2.75, 3.05) is 0 Å². The average molecular weight is 276 g/mol. The van der Waals surface area contributed by atoms with Crippen LogP contribution in [0.25, 0.3) is 0 Å². The highest BCUT2D eigenvalue weighted by Crippen LogP contribution is 2.38. The van der Waals surface area contributed by atoms with Crippen LogP contribution in [0.3, 0.4) is 0 Å². The SMILES string of the molecule is CC(NC1CC(c2ccc(F)cc2)C1)c1nccs1. The van der Waals surface area contributed by atoms with E-state index in [0.29, 0.717) is 18.0 Å². The monoisotopic (exact) mass is 276 g/mol. The van der Waals surface area contributed by atoms with Crippen molar-refractivity contribution in [3.63, 3.8) is 0 Å². The number of nitrogens with zero attached hydrogens (tertiary/aromatic N) is 1. The number of hydrogen-bond donors (Lipinski definition) is 1. The van der Waals surface area contributed by atoms with E-state index >= 15 is 0 Å². The van der Waals surface area contributed by atoms with Crippen LogP contribution in [0.5, 0.6) is 0 Å². The molecule has 0 radical (unpaired) electrons. The molecule has 1 heterocycles. The smallest absolute Gasteiger partial charge is 0.123 e. The third kappa shape index (κ3) is 2.85. The van der Waals surface area contributed by atoms with E-state index in [1.165, 1.54) is 5.56 Å². The molecule has 1 fully saturated rings. The van der Waals surface area contributed by atoms with E-state index < -0.39 is 0 Å². The fourth-order valence-corrected chi connectivity index (χ4v) is 3.29. The molecule has 2 nitrogen and oxygen atoms in total. The predicted octanol–water partition coefficient (Wildman–Crippen LogP) is 3.88. The second kappa shape index (κ2) is 5.39. The third-order valence-corrected chi connectivity index (χ3v) is 4.75. The molecule has 0 amide bonds. The number of hydrogen-bond acceptors (Lipinski definition) is 3. The van der Waals surface area contributed by atoms with Crippen molar-refractivity contribution in [2.45, 2.75) is 37.8 Å². The van der Waals surface area contributed by atoms with Crippen LogP contribution >= 0.6 is 11.3 Å². The van der Waals surface area contributed by atoms with Gasteiger partial charge in [0.1, 0.15) is 10.8 Å². The molecule has 1 aliphatic carbocycles. The molecule has 0 aliphatic heterocycles. The van der Waals surface area contributed by atoms with E-state index in [4.69, 9.17) is 0 Å². The lowest BCUT2D eigenvalue weighted by Gasteiger charge is -2.37. The van der Waals surface area contributed by atoms with Gasteiger partial charge in [-0.15, -0.1) is 11.3 Å². The van der Waals surface area contributed by atoms with Gasteiger partial charge >= 0.3 is 0 Å². The Morgan fingerprint density at radius 3 is 2.68 bits per heavy atom. The zero-order valence-corrected chi connectivity index (χ0v) is 11.7. The Bertz CT molecular complexity index is 518. The Morgan fingerprint density at radius 1 is 1.32 bits per heavy atom. The summed E-state index contributed by atoms with van der Waals surface area (Å²) in [7, 11) is 0. The van der Waals surface area contributed by atoms with Crippen LogP contribution < -0.4 is 5.32 Å². The van der Waals surface area contributed by atoms with Gasteiger partial charge in [-0.05, 0) is 43.4 Å². The van der Waals surface area contributed by atoms with Gasteiger partial charge in [0.2, 0.25) is 0 Å². The summed E-state index contributed by atoms with van der Waals surface area (Å²) in [5.41, 5.74) is 1.25. The molecular formula is C15H17FN2S. The van der Waals surface area contributed by atoms with Gasteiger partial charge in [-0.25, -0.2) is 9.37 Å². The molecule has 19 heavy (non-hydrogen) atoms. The summed E-state index contributed by atoms with van der Waals surface area (Å²) in [5, 5.41) is 6.76. The summed E-state index contributed by atoms with van der Waals surface area (Å²) in [6.45, 7) is 2.16. The van der Waals surface area contributed by atoms with Crippen molar-refractivity contribution in [2.24, 2.45) is 0 Å². The topological polar surface area (TPSA) is 24.9 Å². The molecule has 1 aliphatic rings. The minimum Gasteiger partial charge on any atom is -0.305 e. The van der Waals surface area contributed by atoms with Gasteiger partial charge in [0.15, 0.2) is 0 Å². The molecule has 1 aromatic carbocycles. The van der Waals surface area contributed by atoms with Crippen molar-refractivity contribution in [1.82, 2.24) is 10.3 Å². The standard InChI is InChI=1S/C15H17FN2S/c1-10(15-17-6-7-19-15)18-14-8-12(9-14)11-2-4-13(16)5-3-11/h2-7,10,12,14,18H,8-9H2,1H3. The number of benzene rings is 1. The fraction of sp³-hybridized carbons (Fsp3) is 0.400. The van der Waals surface area contributed by atoms with E-state index in [0.717, 1.165) is 17.8 Å². The van der Waals surface area contributed by atoms with Crippen molar-refractivity contribution in [3.05, 3.63) is 52.2 Å². The van der Waals surface area contributed by atoms with E-state index in [1.54, 1.807) is 23.5 Å². The minimum absolute atomic E-state index is 0.157. The Balaban J connectivity index is 1.51. The molecule has 0 bridgehead atoms. The summed E-state index contributed by atoms with van der Waals surface area (Å²) >= 11 is 1.69. The molecule has 100 valence electrons. The first kappa shape index (κ1) is 12.8. The zero-order chi connectivity index (χ0) is 13.2. The second-order valence-electron chi connectivity index (χ2n) is 5.18. The number of nitrogens with one attached hydrogen (secondary N) is 1. The van der Waals surface area contributed by atoms with Crippen LogP contribution in [0.1, 0.15) is 42.3 Å². The molecule has 4 heteroatoms. The second-order valence-corrected chi connectivity index (χ2v) is 6.10. The van der Waals surface area contributed by atoms with E-state index in [-0.39, 0.29) is 5.82 Å². The van der Waals surface area contributed by atoms with Crippen LogP contribution in [0.15, 0.2) is 35.8 Å². The van der Waals surface area contributed by atoms with Gasteiger partial charge in [-0.1, -0.05) is 12.1 Å². The first-order valence-corrected chi connectivity index (χ1v) is 7.51. The minimum atomic E-state index is -0.157. The Hall–Kier alpha value is -1.26. The summed E-state index contributed by atoms with van der Waals surface area (Å²) < 4.78 is 12.9. The van der Waals surface area contributed by atoms with Crippen LogP contribution in [0.4, 0.5) is 4.39 Å². The molecule has 1 N–H and O–H groups in total. The summed E-state index contributed by atoms with van der Waals surface area (Å²) in [6.07, 6.45) is 4.10. The lowest BCUT2D eigenvalue weighted by molar-refractivity contribution is 0.270. The lowest BCUT2D eigenvalue weighted by atomic mass is 9.75. The summed E-state index contributed by atoms with van der Waals surface area (Å²) in [5.74, 6) is 0.414. The molecule has 1 unspecified atom stereocenters. The van der Waals surface area contributed by atoms with Gasteiger partial charge in [0.25, 0.3) is 0 Å². The molecule has 2 aromatic rings. The van der Waals surface area contributed by atoms with Gasteiger partial charge in [-0.2, -0.15) is 0 Å². The normalized spacial score (nSPS) is 23.9. The fourth-order valence-electron chi connectivity index (χ4n) is 2.63. The first-order chi connectivity index (χ1) is 9.22. The predicted molar refractivity (Wildman–Crippen MR) is 75.8 cm³/mol. The highest BCUT2D eigenvalue weighted by molar-refractivity contribution is 7.09. The molecule has 1 atom stereocenters. The van der Waals surface area contributed by atoms with Crippen LogP contribution in [-0.4, -0.2) is 11.0 Å². The number of aromatic nitrogens is 1. The number of halogens is 1. The Morgan fingerprint density at radius 2 is 2.05 bits per heavy atom. The van der Waals surface area contributed by atoms with Crippen LogP contribution in [0.2, 0.25) is 0 Å². The highest BCUT2D eigenvalue weighted by atomic mass is 32.1.